The van der Waals surface area contributed by atoms with E-state index in [-0.39, 0.29) is 0 Å². The quantitative estimate of drug-likeness (QED) is 0.666. The van der Waals surface area contributed by atoms with Crippen molar-refractivity contribution in [2.45, 2.75) is 13.2 Å². The maximum absolute atomic E-state index is 4.93. The molecule has 0 saturated carbocycles. The number of aromatic nitrogens is 2. The Kier molecular flexibility index (Phi) is 3.63. The molecule has 1 aromatic heterocycles. The number of hydrogen-bond donors (Lipinski definition) is 0. The first kappa shape index (κ1) is 9.09. The van der Waals surface area contributed by atoms with Gasteiger partial charge in [-0.05, 0) is 6.07 Å². The molecule has 0 aliphatic rings. The van der Waals surface area contributed by atoms with Gasteiger partial charge in [-0.25, -0.2) is 9.97 Å². The Labute approximate surface area is 71.6 Å². The largest absolute Gasteiger partial charge is 0.378 e. The lowest BCUT2D eigenvalue weighted by Gasteiger charge is -2.00. The lowest BCUT2D eigenvalue weighted by atomic mass is 10.4. The van der Waals surface area contributed by atoms with Crippen molar-refractivity contribution in [2.24, 2.45) is 0 Å². The Morgan fingerprint density at radius 2 is 2.00 bits per heavy atom. The zero-order chi connectivity index (χ0) is 8.81. The second-order valence-corrected chi connectivity index (χ2v) is 2.33. The minimum atomic E-state index is 0.442. The lowest BCUT2D eigenvalue weighted by molar-refractivity contribution is 0.170. The summed E-state index contributed by atoms with van der Waals surface area (Å²) in [5, 5.41) is 0. The van der Waals surface area contributed by atoms with Crippen molar-refractivity contribution in [3.05, 3.63) is 23.8 Å². The standard InChI is InChI=1S/C8H12N2O2/c1-11-5-7-3-4-9-8(10-7)6-12-2/h3-4H,5-6H2,1-2H3. The molecule has 0 spiro atoms. The normalized spacial score (nSPS) is 10.2. The van der Waals surface area contributed by atoms with Gasteiger partial charge in [0.2, 0.25) is 0 Å². The second kappa shape index (κ2) is 4.79. The predicted octanol–water partition coefficient (Wildman–Crippen LogP) is 0.769. The molecule has 4 heteroatoms. The van der Waals surface area contributed by atoms with Crippen LogP contribution in [0.3, 0.4) is 0 Å². The molecule has 0 N–H and O–H groups in total. The summed E-state index contributed by atoms with van der Waals surface area (Å²) in [5.74, 6) is 0.687. The molecule has 0 aliphatic carbocycles. The maximum atomic E-state index is 4.93. The fraction of sp³-hybridized carbons (Fsp3) is 0.500. The van der Waals surface area contributed by atoms with Gasteiger partial charge < -0.3 is 9.47 Å². The summed E-state index contributed by atoms with van der Waals surface area (Å²) in [4.78, 5) is 8.21. The second-order valence-electron chi connectivity index (χ2n) is 2.33. The van der Waals surface area contributed by atoms with E-state index < -0.39 is 0 Å². The van der Waals surface area contributed by atoms with E-state index in [9.17, 15) is 0 Å². The third-order valence-electron chi connectivity index (χ3n) is 1.33. The molecule has 0 radical (unpaired) electrons. The van der Waals surface area contributed by atoms with Crippen LogP contribution in [0.5, 0.6) is 0 Å². The average Bonchev–Trinajstić information content (AvgIpc) is 2.06. The molecule has 0 aliphatic heterocycles. The highest BCUT2D eigenvalue weighted by molar-refractivity contribution is 5.00. The van der Waals surface area contributed by atoms with E-state index in [1.54, 1.807) is 20.4 Å². The molecule has 0 fully saturated rings. The number of methoxy groups -OCH3 is 2. The Balaban J connectivity index is 2.67. The average molecular weight is 168 g/mol. The molecule has 0 saturated heterocycles. The number of ether oxygens (including phenoxy) is 2. The van der Waals surface area contributed by atoms with Crippen molar-refractivity contribution in [1.82, 2.24) is 9.97 Å². The SMILES string of the molecule is COCc1ccnc(COC)n1. The van der Waals surface area contributed by atoms with Gasteiger partial charge >= 0.3 is 0 Å². The van der Waals surface area contributed by atoms with Crippen LogP contribution in [0.15, 0.2) is 12.3 Å². The van der Waals surface area contributed by atoms with E-state index in [0.717, 1.165) is 5.69 Å². The molecule has 12 heavy (non-hydrogen) atoms. The van der Waals surface area contributed by atoms with Crippen molar-refractivity contribution in [3.8, 4) is 0 Å². The van der Waals surface area contributed by atoms with Crippen LogP contribution < -0.4 is 0 Å². The minimum absolute atomic E-state index is 0.442. The van der Waals surface area contributed by atoms with E-state index in [2.05, 4.69) is 9.97 Å². The van der Waals surface area contributed by atoms with Crippen molar-refractivity contribution >= 4 is 0 Å². The zero-order valence-electron chi connectivity index (χ0n) is 7.28. The van der Waals surface area contributed by atoms with Crippen LogP contribution in [0.2, 0.25) is 0 Å². The maximum Gasteiger partial charge on any atom is 0.154 e. The molecular weight excluding hydrogens is 156 g/mol. The number of rotatable bonds is 4. The van der Waals surface area contributed by atoms with Crippen molar-refractivity contribution in [3.63, 3.8) is 0 Å². The van der Waals surface area contributed by atoms with Gasteiger partial charge in [0.1, 0.15) is 6.61 Å². The van der Waals surface area contributed by atoms with Gasteiger partial charge in [0.05, 0.1) is 12.3 Å². The van der Waals surface area contributed by atoms with E-state index in [0.29, 0.717) is 19.0 Å². The van der Waals surface area contributed by atoms with Crippen LogP contribution in [0.4, 0.5) is 0 Å². The van der Waals surface area contributed by atoms with E-state index in [4.69, 9.17) is 9.47 Å². The van der Waals surface area contributed by atoms with Crippen LogP contribution in [0, 0.1) is 0 Å². The number of hydrogen-bond acceptors (Lipinski definition) is 4. The van der Waals surface area contributed by atoms with Crippen LogP contribution in [-0.2, 0) is 22.7 Å². The van der Waals surface area contributed by atoms with Crippen LogP contribution in [-0.4, -0.2) is 24.2 Å². The zero-order valence-corrected chi connectivity index (χ0v) is 7.28. The summed E-state index contributed by atoms with van der Waals surface area (Å²) < 4.78 is 9.83. The lowest BCUT2D eigenvalue weighted by Crippen LogP contribution is -2.00. The fourth-order valence-electron chi connectivity index (χ4n) is 0.868. The van der Waals surface area contributed by atoms with Crippen LogP contribution in [0.1, 0.15) is 11.5 Å². The summed E-state index contributed by atoms with van der Waals surface area (Å²) in [5.41, 5.74) is 0.875. The van der Waals surface area contributed by atoms with Crippen molar-refractivity contribution in [2.75, 3.05) is 14.2 Å². The monoisotopic (exact) mass is 168 g/mol. The Morgan fingerprint density at radius 1 is 1.25 bits per heavy atom. The Bertz CT molecular complexity index is 219. The summed E-state index contributed by atoms with van der Waals surface area (Å²) >= 11 is 0. The molecule has 1 heterocycles. The molecule has 4 nitrogen and oxygen atoms in total. The van der Waals surface area contributed by atoms with Gasteiger partial charge in [-0.1, -0.05) is 0 Å². The first-order chi connectivity index (χ1) is 5.86. The van der Waals surface area contributed by atoms with E-state index in [1.165, 1.54) is 0 Å². The van der Waals surface area contributed by atoms with Crippen LogP contribution >= 0.6 is 0 Å². The molecular formula is C8H12N2O2. The molecule has 0 unspecified atom stereocenters. The molecule has 1 aromatic rings. The summed E-state index contributed by atoms with van der Waals surface area (Å²) in [6.45, 7) is 0.955. The van der Waals surface area contributed by atoms with Gasteiger partial charge in [0.25, 0.3) is 0 Å². The van der Waals surface area contributed by atoms with Gasteiger partial charge in [-0.3, -0.25) is 0 Å². The Morgan fingerprint density at radius 3 is 2.67 bits per heavy atom. The highest BCUT2D eigenvalue weighted by atomic mass is 16.5. The Hall–Kier alpha value is -1.00. The van der Waals surface area contributed by atoms with Crippen molar-refractivity contribution in [1.29, 1.82) is 0 Å². The van der Waals surface area contributed by atoms with E-state index in [1.807, 2.05) is 6.07 Å². The molecule has 0 aromatic carbocycles. The van der Waals surface area contributed by atoms with E-state index >= 15 is 0 Å². The highest BCUT2D eigenvalue weighted by Crippen LogP contribution is 1.97. The van der Waals surface area contributed by atoms with Gasteiger partial charge in [-0.2, -0.15) is 0 Å². The van der Waals surface area contributed by atoms with Gasteiger partial charge in [-0.15, -0.1) is 0 Å². The predicted molar refractivity (Wildman–Crippen MR) is 43.5 cm³/mol. The molecule has 0 atom stereocenters. The summed E-state index contributed by atoms with van der Waals surface area (Å²) in [6, 6.07) is 1.82. The summed E-state index contributed by atoms with van der Waals surface area (Å²) in [6.07, 6.45) is 1.70. The molecule has 66 valence electrons. The highest BCUT2D eigenvalue weighted by Gasteiger charge is 1.97. The third kappa shape index (κ3) is 2.56. The fourth-order valence-corrected chi connectivity index (χ4v) is 0.868. The third-order valence-corrected chi connectivity index (χ3v) is 1.33. The first-order valence-corrected chi connectivity index (χ1v) is 3.65. The topological polar surface area (TPSA) is 44.2 Å². The summed E-state index contributed by atoms with van der Waals surface area (Å²) in [7, 11) is 3.25. The number of nitrogens with zero attached hydrogens (tertiary/aromatic N) is 2. The van der Waals surface area contributed by atoms with Crippen LogP contribution in [0.25, 0.3) is 0 Å². The first-order valence-electron chi connectivity index (χ1n) is 3.65. The molecule has 1 rings (SSSR count). The molecule has 0 bridgehead atoms. The van der Waals surface area contributed by atoms with Gasteiger partial charge in [0.15, 0.2) is 5.82 Å². The minimum Gasteiger partial charge on any atom is -0.378 e. The smallest absolute Gasteiger partial charge is 0.154 e. The van der Waals surface area contributed by atoms with Gasteiger partial charge in [0, 0.05) is 20.4 Å². The van der Waals surface area contributed by atoms with Crippen molar-refractivity contribution < 1.29 is 9.47 Å². The molecule has 0 amide bonds.